The van der Waals surface area contributed by atoms with Crippen molar-refractivity contribution >= 4 is 11.3 Å². The summed E-state index contributed by atoms with van der Waals surface area (Å²) in [5.41, 5.74) is 4.58. The zero-order chi connectivity index (χ0) is 14.8. The molecule has 112 valence electrons. The van der Waals surface area contributed by atoms with Gasteiger partial charge in [0, 0.05) is 30.1 Å². The Kier molecular flexibility index (Phi) is 4.27. The average molecular weight is 303 g/mol. The van der Waals surface area contributed by atoms with E-state index in [2.05, 4.69) is 31.4 Å². The highest BCUT2D eigenvalue weighted by Gasteiger charge is 2.19. The molecule has 2 aromatic rings. The van der Waals surface area contributed by atoms with Crippen molar-refractivity contribution in [2.75, 3.05) is 20.3 Å². The van der Waals surface area contributed by atoms with E-state index in [-0.39, 0.29) is 0 Å². The van der Waals surface area contributed by atoms with Gasteiger partial charge in [-0.15, -0.1) is 11.3 Å². The minimum absolute atomic E-state index is 0.568. The number of aromatic nitrogens is 1. The highest BCUT2D eigenvalue weighted by atomic mass is 32.1. The quantitative estimate of drug-likeness (QED) is 0.845. The highest BCUT2D eigenvalue weighted by Crippen LogP contribution is 2.34. The largest absolute Gasteiger partial charge is 0.496 e. The number of methoxy groups -OCH3 is 1. The zero-order valence-electron chi connectivity index (χ0n) is 12.8. The van der Waals surface area contributed by atoms with Crippen LogP contribution in [0.2, 0.25) is 0 Å². The van der Waals surface area contributed by atoms with Crippen LogP contribution in [0.25, 0.3) is 11.3 Å². The summed E-state index contributed by atoms with van der Waals surface area (Å²) in [7, 11) is 1.72. The molecule has 0 radical (unpaired) electrons. The number of thiazole rings is 1. The van der Waals surface area contributed by atoms with Crippen molar-refractivity contribution in [1.29, 1.82) is 0 Å². The molecule has 1 fully saturated rings. The minimum atomic E-state index is 0.568. The molecular weight excluding hydrogens is 282 g/mol. The summed E-state index contributed by atoms with van der Waals surface area (Å²) in [6.07, 6.45) is 2.18. The predicted octanol–water partition coefficient (Wildman–Crippen LogP) is 4.33. The topological polar surface area (TPSA) is 31.4 Å². The molecule has 4 heteroatoms. The molecule has 1 aromatic heterocycles. The van der Waals surface area contributed by atoms with Crippen molar-refractivity contribution in [3.8, 4) is 17.0 Å². The first-order chi connectivity index (χ1) is 10.2. The molecule has 0 aliphatic carbocycles. The first-order valence-corrected chi connectivity index (χ1v) is 8.25. The first kappa shape index (κ1) is 14.5. The number of hydrogen-bond donors (Lipinski definition) is 0. The Labute approximate surface area is 129 Å². The number of aryl methyl sites for hydroxylation is 2. The molecule has 1 aliphatic rings. The van der Waals surface area contributed by atoms with Gasteiger partial charge in [-0.1, -0.05) is 0 Å². The van der Waals surface area contributed by atoms with Crippen molar-refractivity contribution in [2.24, 2.45) is 0 Å². The van der Waals surface area contributed by atoms with E-state index in [4.69, 9.17) is 14.5 Å². The van der Waals surface area contributed by atoms with Crippen LogP contribution in [0.15, 0.2) is 17.5 Å². The molecule has 1 saturated heterocycles. The second-order valence-corrected chi connectivity index (χ2v) is 6.49. The van der Waals surface area contributed by atoms with Gasteiger partial charge in [0.05, 0.1) is 17.8 Å². The Bertz CT molecular complexity index is 606. The molecule has 3 rings (SSSR count). The lowest BCUT2D eigenvalue weighted by Gasteiger charge is -2.19. The smallest absolute Gasteiger partial charge is 0.124 e. The van der Waals surface area contributed by atoms with Gasteiger partial charge < -0.3 is 9.47 Å². The van der Waals surface area contributed by atoms with Crippen LogP contribution < -0.4 is 4.74 Å². The molecule has 3 nitrogen and oxygen atoms in total. The van der Waals surface area contributed by atoms with Gasteiger partial charge in [-0.3, -0.25) is 0 Å². The monoisotopic (exact) mass is 303 g/mol. The number of benzene rings is 1. The van der Waals surface area contributed by atoms with E-state index in [0.717, 1.165) is 48.6 Å². The molecule has 2 heterocycles. The van der Waals surface area contributed by atoms with Crippen LogP contribution >= 0.6 is 11.3 Å². The minimum Gasteiger partial charge on any atom is -0.496 e. The van der Waals surface area contributed by atoms with E-state index in [1.54, 1.807) is 18.4 Å². The second kappa shape index (κ2) is 6.16. The Hall–Kier alpha value is -1.39. The van der Waals surface area contributed by atoms with Crippen LogP contribution in [0.4, 0.5) is 0 Å². The van der Waals surface area contributed by atoms with Crippen molar-refractivity contribution in [3.05, 3.63) is 33.6 Å². The molecule has 0 N–H and O–H groups in total. The molecule has 0 saturated carbocycles. The summed E-state index contributed by atoms with van der Waals surface area (Å²) < 4.78 is 10.9. The summed E-state index contributed by atoms with van der Waals surface area (Å²) in [4.78, 5) is 4.86. The van der Waals surface area contributed by atoms with Crippen LogP contribution in [0.3, 0.4) is 0 Å². The van der Waals surface area contributed by atoms with Gasteiger partial charge in [-0.25, -0.2) is 4.98 Å². The Morgan fingerprint density at radius 1 is 1.19 bits per heavy atom. The first-order valence-electron chi connectivity index (χ1n) is 7.38. The van der Waals surface area contributed by atoms with E-state index in [1.165, 1.54) is 10.6 Å². The van der Waals surface area contributed by atoms with Crippen molar-refractivity contribution in [1.82, 2.24) is 4.98 Å². The van der Waals surface area contributed by atoms with Gasteiger partial charge in [-0.05, 0) is 49.9 Å². The molecule has 0 amide bonds. The second-order valence-electron chi connectivity index (χ2n) is 5.60. The van der Waals surface area contributed by atoms with Gasteiger partial charge in [-0.2, -0.15) is 0 Å². The maximum atomic E-state index is 5.44. The Morgan fingerprint density at radius 2 is 1.86 bits per heavy atom. The lowest BCUT2D eigenvalue weighted by atomic mass is 10.0. The van der Waals surface area contributed by atoms with E-state index in [0.29, 0.717) is 5.92 Å². The average Bonchev–Trinajstić information content (AvgIpc) is 2.97. The van der Waals surface area contributed by atoms with Gasteiger partial charge in [0.25, 0.3) is 0 Å². The van der Waals surface area contributed by atoms with E-state index < -0.39 is 0 Å². The third kappa shape index (κ3) is 2.97. The molecule has 0 atom stereocenters. The Balaban J connectivity index is 1.89. The molecule has 0 bridgehead atoms. The third-order valence-corrected chi connectivity index (χ3v) is 5.06. The molecule has 21 heavy (non-hydrogen) atoms. The van der Waals surface area contributed by atoms with E-state index in [9.17, 15) is 0 Å². The van der Waals surface area contributed by atoms with Crippen molar-refractivity contribution < 1.29 is 9.47 Å². The summed E-state index contributed by atoms with van der Waals surface area (Å²) in [6, 6.07) is 4.32. The fraction of sp³-hybridized carbons (Fsp3) is 0.471. The fourth-order valence-corrected chi connectivity index (χ4v) is 3.97. The van der Waals surface area contributed by atoms with E-state index >= 15 is 0 Å². The standard InChI is InChI=1S/C17H21NO2S/c1-11-8-14(9-12(2)16(11)19-3)15-10-21-17(18-15)13-4-6-20-7-5-13/h8-10,13H,4-7H2,1-3H3. The lowest BCUT2D eigenvalue weighted by molar-refractivity contribution is 0.0853. The van der Waals surface area contributed by atoms with Crippen LogP contribution in [0.5, 0.6) is 5.75 Å². The third-order valence-electron chi connectivity index (χ3n) is 4.05. The lowest BCUT2D eigenvalue weighted by Crippen LogP contribution is -2.13. The van der Waals surface area contributed by atoms with Gasteiger partial charge >= 0.3 is 0 Å². The summed E-state index contributed by atoms with van der Waals surface area (Å²) in [5.74, 6) is 1.54. The number of hydrogen-bond acceptors (Lipinski definition) is 4. The SMILES string of the molecule is COc1c(C)cc(-c2csc(C3CCOCC3)n2)cc1C. The number of rotatable bonds is 3. The molecular formula is C17H21NO2S. The van der Waals surface area contributed by atoms with Gasteiger partial charge in [0.1, 0.15) is 5.75 Å². The maximum absolute atomic E-state index is 5.44. The van der Waals surface area contributed by atoms with Crippen LogP contribution in [-0.4, -0.2) is 25.3 Å². The zero-order valence-corrected chi connectivity index (χ0v) is 13.6. The van der Waals surface area contributed by atoms with Gasteiger partial charge in [0.15, 0.2) is 0 Å². The summed E-state index contributed by atoms with van der Waals surface area (Å²) in [6.45, 7) is 5.89. The predicted molar refractivity (Wildman–Crippen MR) is 86.4 cm³/mol. The number of nitrogens with zero attached hydrogens (tertiary/aromatic N) is 1. The summed E-state index contributed by atoms with van der Waals surface area (Å²) >= 11 is 1.77. The highest BCUT2D eigenvalue weighted by molar-refractivity contribution is 7.10. The number of ether oxygens (including phenoxy) is 2. The molecule has 1 aromatic carbocycles. The van der Waals surface area contributed by atoms with Gasteiger partial charge in [0.2, 0.25) is 0 Å². The van der Waals surface area contributed by atoms with Crippen LogP contribution in [-0.2, 0) is 4.74 Å². The fourth-order valence-electron chi connectivity index (χ4n) is 2.97. The molecule has 1 aliphatic heterocycles. The normalized spacial score (nSPS) is 16.1. The maximum Gasteiger partial charge on any atom is 0.124 e. The van der Waals surface area contributed by atoms with Crippen LogP contribution in [0.1, 0.15) is 34.9 Å². The van der Waals surface area contributed by atoms with Crippen LogP contribution in [0, 0.1) is 13.8 Å². The molecule has 0 spiro atoms. The Morgan fingerprint density at radius 3 is 2.48 bits per heavy atom. The summed E-state index contributed by atoms with van der Waals surface area (Å²) in [5, 5.41) is 3.42. The van der Waals surface area contributed by atoms with E-state index in [1.807, 2.05) is 0 Å². The van der Waals surface area contributed by atoms with Crippen molar-refractivity contribution in [3.63, 3.8) is 0 Å². The molecule has 0 unspecified atom stereocenters. The van der Waals surface area contributed by atoms with Crippen molar-refractivity contribution in [2.45, 2.75) is 32.6 Å².